The van der Waals surface area contributed by atoms with Crippen molar-refractivity contribution in [1.29, 1.82) is 0 Å². The molecule has 1 aliphatic carbocycles. The minimum atomic E-state index is -0.398. The van der Waals surface area contributed by atoms with Crippen LogP contribution in [0, 0.1) is 0 Å². The first-order chi connectivity index (χ1) is 28.7. The van der Waals surface area contributed by atoms with Crippen molar-refractivity contribution in [3.8, 4) is 23.0 Å². The molecular formula is C48H56O12. The van der Waals surface area contributed by atoms with Gasteiger partial charge in [0.25, 0.3) is 0 Å². The van der Waals surface area contributed by atoms with Crippen LogP contribution < -0.4 is 18.9 Å². The van der Waals surface area contributed by atoms with Gasteiger partial charge in [0.15, 0.2) is 0 Å². The van der Waals surface area contributed by atoms with E-state index in [1.165, 1.54) is 27.7 Å². The van der Waals surface area contributed by atoms with Crippen molar-refractivity contribution in [2.75, 3.05) is 52.9 Å². The Balaban J connectivity index is 1.75. The van der Waals surface area contributed by atoms with E-state index >= 15 is 0 Å². The smallest absolute Gasteiger partial charge is 0.302 e. The molecule has 0 fully saturated rings. The zero-order valence-electron chi connectivity index (χ0n) is 35.7. The number of carbonyl (C=O) groups excluding carboxylic acids is 4. The Labute approximate surface area is 352 Å². The van der Waals surface area contributed by atoms with Crippen molar-refractivity contribution in [3.63, 3.8) is 0 Å². The normalized spacial score (nSPS) is 12.1. The second-order valence-corrected chi connectivity index (χ2v) is 15.5. The molecular weight excluding hydrogens is 769 g/mol. The van der Waals surface area contributed by atoms with Crippen molar-refractivity contribution < 1.29 is 57.1 Å². The van der Waals surface area contributed by atoms with Gasteiger partial charge < -0.3 is 37.9 Å². The standard InChI is InChI=1S/C48H56O12/c1-31(49)53-19-23-57-44-35-11-8-12-37(44)28-38-15-10-16-40(46(38)59-25-21-55-33(3)51)30-42-43(48(5,6)7)18-17-41(47(42)60-26-22-56-34(4)52)29-39-14-9-13-36(27-35)45(39)58-24-20-54-32(2)50/h8-18H,19-30H2,1-7H3. The molecule has 12 heteroatoms. The van der Waals surface area contributed by atoms with Gasteiger partial charge in [-0.1, -0.05) is 87.5 Å². The number of benzene rings is 4. The van der Waals surface area contributed by atoms with Gasteiger partial charge in [-0.3, -0.25) is 19.2 Å². The Morgan fingerprint density at radius 3 is 0.983 bits per heavy atom. The van der Waals surface area contributed by atoms with Crippen molar-refractivity contribution in [2.24, 2.45) is 0 Å². The maximum atomic E-state index is 11.8. The minimum Gasteiger partial charge on any atom is -0.489 e. The number of hydrogen-bond donors (Lipinski definition) is 0. The molecule has 5 rings (SSSR count). The molecule has 0 unspecified atom stereocenters. The van der Waals surface area contributed by atoms with Crippen LogP contribution in [0.4, 0.5) is 0 Å². The number of para-hydroxylation sites is 3. The van der Waals surface area contributed by atoms with Gasteiger partial charge >= 0.3 is 23.9 Å². The minimum absolute atomic E-state index is 0.0664. The van der Waals surface area contributed by atoms with Gasteiger partial charge in [0, 0.05) is 58.9 Å². The van der Waals surface area contributed by atoms with Crippen molar-refractivity contribution in [3.05, 3.63) is 117 Å². The van der Waals surface area contributed by atoms with Crippen LogP contribution in [0.25, 0.3) is 0 Å². The third-order valence-corrected chi connectivity index (χ3v) is 9.73. The van der Waals surface area contributed by atoms with E-state index < -0.39 is 23.9 Å². The van der Waals surface area contributed by atoms with Gasteiger partial charge in [-0.25, -0.2) is 0 Å². The lowest BCUT2D eigenvalue weighted by atomic mass is 9.80. The first-order valence-corrected chi connectivity index (χ1v) is 20.2. The number of rotatable bonds is 16. The van der Waals surface area contributed by atoms with E-state index in [1.54, 1.807) is 0 Å². The highest BCUT2D eigenvalue weighted by molar-refractivity contribution is 5.67. The summed E-state index contributed by atoms with van der Waals surface area (Å²) in [6, 6.07) is 22.3. The van der Waals surface area contributed by atoms with Gasteiger partial charge in [0.2, 0.25) is 0 Å². The Morgan fingerprint density at radius 2 is 0.683 bits per heavy atom. The average molecular weight is 825 g/mol. The summed E-state index contributed by atoms with van der Waals surface area (Å²) in [5.74, 6) is 1.02. The Morgan fingerprint density at radius 1 is 0.400 bits per heavy atom. The van der Waals surface area contributed by atoms with E-state index in [-0.39, 0.29) is 58.3 Å². The Kier molecular flexibility index (Phi) is 16.0. The van der Waals surface area contributed by atoms with Gasteiger partial charge in [-0.2, -0.15) is 0 Å². The highest BCUT2D eigenvalue weighted by Gasteiger charge is 2.27. The zero-order chi connectivity index (χ0) is 43.2. The first-order valence-electron chi connectivity index (χ1n) is 20.2. The van der Waals surface area contributed by atoms with Crippen LogP contribution in [0.3, 0.4) is 0 Å². The molecule has 0 atom stereocenters. The summed E-state index contributed by atoms with van der Waals surface area (Å²) in [5, 5.41) is 0. The lowest BCUT2D eigenvalue weighted by Crippen LogP contribution is -2.19. The third-order valence-electron chi connectivity index (χ3n) is 9.73. The summed E-state index contributed by atoms with van der Waals surface area (Å²) in [7, 11) is 0. The maximum absolute atomic E-state index is 11.8. The predicted molar refractivity (Wildman–Crippen MR) is 224 cm³/mol. The molecule has 8 bridgehead atoms. The molecule has 320 valence electrons. The number of esters is 4. The van der Waals surface area contributed by atoms with E-state index in [4.69, 9.17) is 37.9 Å². The van der Waals surface area contributed by atoms with Crippen LogP contribution in [-0.4, -0.2) is 76.7 Å². The van der Waals surface area contributed by atoms with E-state index in [9.17, 15) is 19.2 Å². The first kappa shape index (κ1) is 45.1. The largest absolute Gasteiger partial charge is 0.489 e. The molecule has 1 aliphatic rings. The fourth-order valence-corrected chi connectivity index (χ4v) is 7.30. The van der Waals surface area contributed by atoms with Crippen molar-refractivity contribution >= 4 is 23.9 Å². The summed E-state index contributed by atoms with van der Waals surface area (Å²) in [6.07, 6.45) is 1.66. The highest BCUT2D eigenvalue weighted by Crippen LogP contribution is 2.42. The number of hydrogen-bond acceptors (Lipinski definition) is 12. The van der Waals surface area contributed by atoms with E-state index in [0.29, 0.717) is 48.7 Å². The second kappa shape index (κ2) is 21.3. The lowest BCUT2D eigenvalue weighted by Gasteiger charge is -2.28. The summed E-state index contributed by atoms with van der Waals surface area (Å²) in [4.78, 5) is 46.8. The lowest BCUT2D eigenvalue weighted by molar-refractivity contribution is -0.142. The monoisotopic (exact) mass is 824 g/mol. The van der Waals surface area contributed by atoms with Gasteiger partial charge in [0.05, 0.1) is 0 Å². The molecule has 0 N–H and O–H groups in total. The third kappa shape index (κ3) is 12.7. The molecule has 0 amide bonds. The predicted octanol–water partition coefficient (Wildman–Crippen LogP) is 7.43. The highest BCUT2D eigenvalue weighted by atomic mass is 16.6. The Bertz CT molecular complexity index is 2150. The van der Waals surface area contributed by atoms with Gasteiger partial charge in [-0.05, 0) is 49.9 Å². The molecule has 0 heterocycles. The van der Waals surface area contributed by atoms with Crippen LogP contribution >= 0.6 is 0 Å². The van der Waals surface area contributed by atoms with E-state index in [1.807, 2.05) is 54.6 Å². The number of ether oxygens (including phenoxy) is 8. The molecule has 0 radical (unpaired) electrons. The van der Waals surface area contributed by atoms with Crippen LogP contribution in [0.1, 0.15) is 98.5 Å². The zero-order valence-corrected chi connectivity index (χ0v) is 35.7. The van der Waals surface area contributed by atoms with Gasteiger partial charge in [0.1, 0.15) is 75.9 Å². The van der Waals surface area contributed by atoms with E-state index in [0.717, 1.165) is 50.1 Å². The summed E-state index contributed by atoms with van der Waals surface area (Å²) >= 11 is 0. The molecule has 60 heavy (non-hydrogen) atoms. The summed E-state index contributed by atoms with van der Waals surface area (Å²) < 4.78 is 47.3. The van der Waals surface area contributed by atoms with E-state index in [2.05, 4.69) is 32.9 Å². The molecule has 0 aromatic heterocycles. The quantitative estimate of drug-likeness (QED) is 0.0555. The molecule has 0 saturated heterocycles. The molecule has 0 spiro atoms. The molecule has 0 saturated carbocycles. The fourth-order valence-electron chi connectivity index (χ4n) is 7.30. The maximum Gasteiger partial charge on any atom is 0.302 e. The van der Waals surface area contributed by atoms with Crippen molar-refractivity contribution in [2.45, 2.75) is 79.6 Å². The topological polar surface area (TPSA) is 142 Å². The van der Waals surface area contributed by atoms with Crippen LogP contribution in [0.2, 0.25) is 0 Å². The second-order valence-electron chi connectivity index (χ2n) is 15.5. The SMILES string of the molecule is CC(=O)OCCOc1c2cccc1Cc1cccc(c1OCCOC(C)=O)Cc1c(C(C)(C)C)ccc(c1OCCOC(C)=O)Cc1cccc(c1OCCOC(C)=O)C2. The number of carbonyl (C=O) groups is 4. The van der Waals surface area contributed by atoms with Crippen LogP contribution in [-0.2, 0) is 69.2 Å². The van der Waals surface area contributed by atoms with Crippen LogP contribution in [0.15, 0.2) is 66.7 Å². The molecule has 4 aromatic rings. The molecule has 4 aromatic carbocycles. The van der Waals surface area contributed by atoms with Crippen LogP contribution in [0.5, 0.6) is 23.0 Å². The van der Waals surface area contributed by atoms with Gasteiger partial charge in [-0.15, -0.1) is 0 Å². The Hall–Kier alpha value is -6.04. The average Bonchev–Trinajstić information content (AvgIpc) is 3.17. The number of fused-ring (bicyclic) bond motifs is 8. The molecule has 12 nitrogen and oxygen atoms in total. The van der Waals surface area contributed by atoms with Crippen molar-refractivity contribution in [1.82, 2.24) is 0 Å². The fraction of sp³-hybridized carbons (Fsp3) is 0.417. The summed E-state index contributed by atoms with van der Waals surface area (Å²) in [5.41, 5.74) is 7.88. The summed E-state index contributed by atoms with van der Waals surface area (Å²) in [6.45, 7) is 12.7. The molecule has 0 aliphatic heterocycles.